The van der Waals surface area contributed by atoms with Gasteiger partial charge in [0, 0.05) is 18.5 Å². The predicted molar refractivity (Wildman–Crippen MR) is 64.4 cm³/mol. The molecule has 1 aliphatic heterocycles. The van der Waals surface area contributed by atoms with Crippen molar-refractivity contribution >= 4 is 5.91 Å². The maximum Gasteiger partial charge on any atom is 0.416 e. The van der Waals surface area contributed by atoms with Crippen LogP contribution in [0.15, 0.2) is 24.3 Å². The number of nitrogens with two attached hydrogens (primary N) is 1. The van der Waals surface area contributed by atoms with Crippen LogP contribution in [0.1, 0.15) is 18.1 Å². The molecular formula is C13H15F3N2O. The summed E-state index contributed by atoms with van der Waals surface area (Å²) in [5.74, 6) is -0.850. The Hall–Kier alpha value is -1.56. The number of halogens is 3. The Morgan fingerprint density at radius 1 is 1.37 bits per heavy atom. The summed E-state index contributed by atoms with van der Waals surface area (Å²) < 4.78 is 37.5. The lowest BCUT2D eigenvalue weighted by atomic mass is 9.73. The molecule has 19 heavy (non-hydrogen) atoms. The highest BCUT2D eigenvalue weighted by atomic mass is 19.4. The Kier molecular flexibility index (Phi) is 3.30. The zero-order valence-corrected chi connectivity index (χ0v) is 10.4. The van der Waals surface area contributed by atoms with Crippen molar-refractivity contribution in [2.45, 2.75) is 18.5 Å². The van der Waals surface area contributed by atoms with Crippen molar-refractivity contribution in [2.75, 3.05) is 13.1 Å². The highest BCUT2D eigenvalue weighted by Gasteiger charge is 2.43. The van der Waals surface area contributed by atoms with Gasteiger partial charge in [-0.15, -0.1) is 0 Å². The lowest BCUT2D eigenvalue weighted by Gasteiger charge is -2.29. The number of primary amides is 1. The van der Waals surface area contributed by atoms with Crippen LogP contribution in [0.2, 0.25) is 0 Å². The maximum atomic E-state index is 12.5. The average Bonchev–Trinajstić information content (AvgIpc) is 2.72. The number of rotatable bonds is 2. The molecule has 1 heterocycles. The van der Waals surface area contributed by atoms with Gasteiger partial charge in [-0.1, -0.05) is 19.1 Å². The summed E-state index contributed by atoms with van der Waals surface area (Å²) in [6.07, 6.45) is -4.35. The van der Waals surface area contributed by atoms with Crippen LogP contribution < -0.4 is 11.1 Å². The second-order valence-corrected chi connectivity index (χ2v) is 5.08. The molecule has 0 aliphatic carbocycles. The highest BCUT2D eigenvalue weighted by Crippen LogP contribution is 2.37. The van der Waals surface area contributed by atoms with Gasteiger partial charge in [0.2, 0.25) is 5.91 Å². The third kappa shape index (κ3) is 2.45. The summed E-state index contributed by atoms with van der Waals surface area (Å²) >= 11 is 0. The van der Waals surface area contributed by atoms with E-state index in [-0.39, 0.29) is 0 Å². The first kappa shape index (κ1) is 13.9. The molecular weight excluding hydrogens is 257 g/mol. The normalized spacial score (nSPS) is 27.5. The first-order chi connectivity index (χ1) is 8.75. The van der Waals surface area contributed by atoms with E-state index in [1.807, 2.05) is 6.92 Å². The number of carbonyl (C=O) groups excluding carboxylic acids is 1. The first-order valence-corrected chi connectivity index (χ1v) is 5.93. The molecule has 6 heteroatoms. The molecule has 1 fully saturated rings. The SMILES string of the molecule is CC1(c2ccc(C(F)(F)F)cc2)CNCC1C(N)=O. The number of amides is 1. The zero-order chi connectivity index (χ0) is 14.3. The largest absolute Gasteiger partial charge is 0.416 e. The number of alkyl halides is 3. The number of hydrogen-bond donors (Lipinski definition) is 2. The minimum absolute atomic E-state index is 0.413. The van der Waals surface area contributed by atoms with Crippen molar-refractivity contribution in [3.8, 4) is 0 Å². The van der Waals surface area contributed by atoms with Crippen LogP contribution in [-0.4, -0.2) is 19.0 Å². The third-order valence-corrected chi connectivity index (χ3v) is 3.82. The van der Waals surface area contributed by atoms with E-state index < -0.39 is 29.0 Å². The van der Waals surface area contributed by atoms with E-state index >= 15 is 0 Å². The fourth-order valence-corrected chi connectivity index (χ4v) is 2.58. The van der Waals surface area contributed by atoms with Crippen molar-refractivity contribution in [1.29, 1.82) is 0 Å². The standard InChI is InChI=1S/C13H15F3N2O/c1-12(7-18-6-10(12)11(17)19)8-2-4-9(5-3-8)13(14,15)16/h2-5,10,18H,6-7H2,1H3,(H2,17,19). The first-order valence-electron chi connectivity index (χ1n) is 5.93. The minimum atomic E-state index is -4.35. The molecule has 1 aliphatic rings. The second kappa shape index (κ2) is 4.52. The molecule has 104 valence electrons. The number of hydrogen-bond acceptors (Lipinski definition) is 2. The molecule has 2 unspecified atom stereocenters. The Morgan fingerprint density at radius 2 is 1.95 bits per heavy atom. The molecule has 1 aromatic rings. The average molecular weight is 272 g/mol. The summed E-state index contributed by atoms with van der Waals surface area (Å²) in [5, 5.41) is 3.06. The van der Waals surface area contributed by atoms with E-state index in [0.717, 1.165) is 12.1 Å². The smallest absolute Gasteiger partial charge is 0.369 e. The summed E-state index contributed by atoms with van der Waals surface area (Å²) in [5.41, 5.74) is 4.79. The van der Waals surface area contributed by atoms with Crippen molar-refractivity contribution in [3.05, 3.63) is 35.4 Å². The Bertz CT molecular complexity index is 484. The van der Waals surface area contributed by atoms with Crippen molar-refractivity contribution in [2.24, 2.45) is 11.7 Å². The molecule has 0 radical (unpaired) electrons. The molecule has 3 N–H and O–H groups in total. The quantitative estimate of drug-likeness (QED) is 0.860. The molecule has 1 amide bonds. The molecule has 0 bridgehead atoms. The predicted octanol–water partition coefficient (Wildman–Crippen LogP) is 1.67. The molecule has 2 rings (SSSR count). The van der Waals surface area contributed by atoms with Gasteiger partial charge in [0.05, 0.1) is 11.5 Å². The fraction of sp³-hybridized carbons (Fsp3) is 0.462. The summed E-state index contributed by atoms with van der Waals surface area (Å²) in [6, 6.07) is 4.92. The van der Waals surface area contributed by atoms with E-state index in [0.29, 0.717) is 18.7 Å². The van der Waals surface area contributed by atoms with E-state index in [4.69, 9.17) is 5.73 Å². The Morgan fingerprint density at radius 3 is 2.42 bits per heavy atom. The van der Waals surface area contributed by atoms with E-state index in [1.54, 1.807) is 0 Å². The van der Waals surface area contributed by atoms with Gasteiger partial charge in [-0.2, -0.15) is 13.2 Å². The topological polar surface area (TPSA) is 55.1 Å². The van der Waals surface area contributed by atoms with E-state index in [2.05, 4.69) is 5.32 Å². The van der Waals surface area contributed by atoms with Gasteiger partial charge < -0.3 is 11.1 Å². The molecule has 1 aromatic carbocycles. The molecule has 2 atom stereocenters. The maximum absolute atomic E-state index is 12.5. The van der Waals surface area contributed by atoms with Crippen LogP contribution in [0.5, 0.6) is 0 Å². The van der Waals surface area contributed by atoms with Crippen LogP contribution >= 0.6 is 0 Å². The van der Waals surface area contributed by atoms with Crippen molar-refractivity contribution in [1.82, 2.24) is 5.32 Å². The summed E-state index contributed by atoms with van der Waals surface area (Å²) in [6.45, 7) is 2.81. The van der Waals surface area contributed by atoms with Gasteiger partial charge in [-0.25, -0.2) is 0 Å². The van der Waals surface area contributed by atoms with E-state index in [9.17, 15) is 18.0 Å². The molecule has 0 saturated carbocycles. The third-order valence-electron chi connectivity index (χ3n) is 3.82. The molecule has 1 saturated heterocycles. The zero-order valence-electron chi connectivity index (χ0n) is 10.4. The van der Waals surface area contributed by atoms with Crippen molar-refractivity contribution < 1.29 is 18.0 Å². The van der Waals surface area contributed by atoms with Gasteiger partial charge in [-0.05, 0) is 17.7 Å². The summed E-state index contributed by atoms with van der Waals surface area (Å²) in [7, 11) is 0. The minimum Gasteiger partial charge on any atom is -0.369 e. The van der Waals surface area contributed by atoms with Crippen LogP contribution in [0.3, 0.4) is 0 Å². The van der Waals surface area contributed by atoms with Gasteiger partial charge in [-0.3, -0.25) is 4.79 Å². The molecule has 0 aromatic heterocycles. The van der Waals surface area contributed by atoms with Crippen LogP contribution in [0.4, 0.5) is 13.2 Å². The number of carbonyl (C=O) groups is 1. The van der Waals surface area contributed by atoms with Gasteiger partial charge in [0.25, 0.3) is 0 Å². The summed E-state index contributed by atoms with van der Waals surface area (Å²) in [4.78, 5) is 11.4. The lowest BCUT2D eigenvalue weighted by molar-refractivity contribution is -0.137. The Balaban J connectivity index is 2.34. The second-order valence-electron chi connectivity index (χ2n) is 5.08. The van der Waals surface area contributed by atoms with Crippen LogP contribution in [0.25, 0.3) is 0 Å². The fourth-order valence-electron chi connectivity index (χ4n) is 2.58. The monoisotopic (exact) mass is 272 g/mol. The van der Waals surface area contributed by atoms with Crippen LogP contribution in [-0.2, 0) is 16.4 Å². The van der Waals surface area contributed by atoms with Gasteiger partial charge in [0.15, 0.2) is 0 Å². The van der Waals surface area contributed by atoms with Crippen molar-refractivity contribution in [3.63, 3.8) is 0 Å². The Labute approximate surface area is 109 Å². The van der Waals surface area contributed by atoms with Crippen LogP contribution in [0, 0.1) is 5.92 Å². The number of nitrogens with one attached hydrogen (secondary N) is 1. The lowest BCUT2D eigenvalue weighted by Crippen LogP contribution is -2.39. The highest BCUT2D eigenvalue weighted by molar-refractivity contribution is 5.79. The van der Waals surface area contributed by atoms with Gasteiger partial charge >= 0.3 is 6.18 Å². The molecule has 3 nitrogen and oxygen atoms in total. The van der Waals surface area contributed by atoms with Gasteiger partial charge in [0.1, 0.15) is 0 Å². The van der Waals surface area contributed by atoms with E-state index in [1.165, 1.54) is 12.1 Å². The number of benzene rings is 1. The molecule has 0 spiro atoms.